The standard InChI is InChI=1S/C20H22O2/c1-12-10-16-13(11-18(12)22-3)4-5-15-14(16)8-9-20(2)17(15)6-7-19(20)21/h6,10-11H,4-5,7-9H2,1-3H3/t20-/m1/s1. The van der Waals surface area contributed by atoms with Gasteiger partial charge in [0.1, 0.15) is 11.5 Å². The van der Waals surface area contributed by atoms with Crippen LogP contribution in [0.5, 0.6) is 5.75 Å². The van der Waals surface area contributed by atoms with Gasteiger partial charge >= 0.3 is 0 Å². The third-order valence-electron chi connectivity index (χ3n) is 5.86. The van der Waals surface area contributed by atoms with Gasteiger partial charge in [-0.2, -0.15) is 0 Å². The van der Waals surface area contributed by atoms with Crippen molar-refractivity contribution in [3.8, 4) is 5.75 Å². The molecule has 0 radical (unpaired) electrons. The third-order valence-corrected chi connectivity index (χ3v) is 5.86. The molecule has 2 heteroatoms. The molecule has 4 rings (SSSR count). The second-order valence-electron chi connectivity index (χ2n) is 7.01. The van der Waals surface area contributed by atoms with E-state index in [9.17, 15) is 4.79 Å². The van der Waals surface area contributed by atoms with Crippen molar-refractivity contribution in [2.24, 2.45) is 5.41 Å². The fourth-order valence-corrected chi connectivity index (χ4v) is 4.49. The largest absolute Gasteiger partial charge is 0.496 e. The van der Waals surface area contributed by atoms with Crippen molar-refractivity contribution < 1.29 is 9.53 Å². The van der Waals surface area contributed by atoms with E-state index in [4.69, 9.17) is 4.74 Å². The minimum atomic E-state index is -0.210. The number of allylic oxidation sites excluding steroid dienone is 4. The SMILES string of the molecule is COc1cc2c(cc1C)C1=C(CC2)C2=CCC(=O)[C@]2(C)CC1. The third kappa shape index (κ3) is 1.70. The molecule has 2 nitrogen and oxygen atoms in total. The molecule has 1 atom stereocenters. The van der Waals surface area contributed by atoms with E-state index in [1.165, 1.54) is 33.4 Å². The number of fused-ring (bicyclic) bond motifs is 4. The number of hydrogen-bond acceptors (Lipinski definition) is 2. The lowest BCUT2D eigenvalue weighted by atomic mass is 9.65. The van der Waals surface area contributed by atoms with E-state index < -0.39 is 0 Å². The number of hydrogen-bond donors (Lipinski definition) is 0. The molecule has 0 aliphatic heterocycles. The summed E-state index contributed by atoms with van der Waals surface area (Å²) in [7, 11) is 1.74. The monoisotopic (exact) mass is 294 g/mol. The molecule has 3 aliphatic carbocycles. The van der Waals surface area contributed by atoms with Gasteiger partial charge in [0, 0.05) is 6.42 Å². The molecular formula is C20H22O2. The van der Waals surface area contributed by atoms with Crippen molar-refractivity contribution in [3.63, 3.8) is 0 Å². The minimum Gasteiger partial charge on any atom is -0.496 e. The first kappa shape index (κ1) is 13.8. The van der Waals surface area contributed by atoms with E-state index in [-0.39, 0.29) is 5.41 Å². The smallest absolute Gasteiger partial charge is 0.146 e. The van der Waals surface area contributed by atoms with Gasteiger partial charge in [-0.15, -0.1) is 0 Å². The normalized spacial score (nSPS) is 26.3. The van der Waals surface area contributed by atoms with Crippen molar-refractivity contribution in [2.75, 3.05) is 7.11 Å². The maximum atomic E-state index is 12.3. The molecule has 0 heterocycles. The van der Waals surface area contributed by atoms with E-state index in [1.807, 2.05) is 0 Å². The zero-order chi connectivity index (χ0) is 15.5. The summed E-state index contributed by atoms with van der Waals surface area (Å²) in [5.41, 5.74) is 8.04. The summed E-state index contributed by atoms with van der Waals surface area (Å²) in [4.78, 5) is 12.3. The second kappa shape index (κ2) is 4.58. The van der Waals surface area contributed by atoms with Crippen molar-refractivity contribution in [1.29, 1.82) is 0 Å². The van der Waals surface area contributed by atoms with Crippen LogP contribution >= 0.6 is 0 Å². The van der Waals surface area contributed by atoms with Gasteiger partial charge in [-0.1, -0.05) is 6.08 Å². The highest BCUT2D eigenvalue weighted by Crippen LogP contribution is 2.54. The molecule has 0 amide bonds. The topological polar surface area (TPSA) is 26.3 Å². The molecule has 3 aliphatic rings. The van der Waals surface area contributed by atoms with Crippen molar-refractivity contribution >= 4 is 11.4 Å². The molecule has 0 saturated heterocycles. The highest BCUT2D eigenvalue weighted by Gasteiger charge is 2.45. The van der Waals surface area contributed by atoms with Crippen molar-refractivity contribution in [3.05, 3.63) is 46.0 Å². The van der Waals surface area contributed by atoms with E-state index in [0.717, 1.165) is 31.4 Å². The van der Waals surface area contributed by atoms with Crippen LogP contribution in [0.2, 0.25) is 0 Å². The number of rotatable bonds is 1. The summed E-state index contributed by atoms with van der Waals surface area (Å²) < 4.78 is 5.47. The number of ether oxygens (including phenoxy) is 1. The Kier molecular flexibility index (Phi) is 2.87. The van der Waals surface area contributed by atoms with Crippen LogP contribution < -0.4 is 4.74 Å². The lowest BCUT2D eigenvalue weighted by molar-refractivity contribution is -0.124. The fraction of sp³-hybridized carbons (Fsp3) is 0.450. The van der Waals surface area contributed by atoms with Gasteiger partial charge in [0.2, 0.25) is 0 Å². The summed E-state index contributed by atoms with van der Waals surface area (Å²) in [6, 6.07) is 4.49. The summed E-state index contributed by atoms with van der Waals surface area (Å²) in [6.07, 6.45) is 6.90. The summed E-state index contributed by atoms with van der Waals surface area (Å²) in [5, 5.41) is 0. The van der Waals surface area contributed by atoms with Crippen LogP contribution in [-0.2, 0) is 11.2 Å². The fourth-order valence-electron chi connectivity index (χ4n) is 4.49. The second-order valence-corrected chi connectivity index (χ2v) is 7.01. The van der Waals surface area contributed by atoms with Crippen LogP contribution in [0.25, 0.3) is 5.57 Å². The van der Waals surface area contributed by atoms with Gasteiger partial charge < -0.3 is 4.74 Å². The number of carbonyl (C=O) groups is 1. The van der Waals surface area contributed by atoms with Crippen LogP contribution in [-0.4, -0.2) is 12.9 Å². The highest BCUT2D eigenvalue weighted by atomic mass is 16.5. The number of methoxy groups -OCH3 is 1. The summed E-state index contributed by atoms with van der Waals surface area (Å²) in [5.74, 6) is 1.39. The Balaban J connectivity index is 1.87. The zero-order valence-corrected chi connectivity index (χ0v) is 13.6. The maximum absolute atomic E-state index is 12.3. The van der Waals surface area contributed by atoms with Crippen LogP contribution in [0.15, 0.2) is 29.4 Å². The van der Waals surface area contributed by atoms with E-state index >= 15 is 0 Å². The first-order chi connectivity index (χ1) is 10.5. The number of ketones is 1. The number of aryl methyl sites for hydroxylation is 2. The average molecular weight is 294 g/mol. The molecule has 0 N–H and O–H groups in total. The molecule has 1 aromatic carbocycles. The number of carbonyl (C=O) groups excluding carboxylic acids is 1. The molecule has 0 saturated carbocycles. The summed E-state index contributed by atoms with van der Waals surface area (Å²) >= 11 is 0. The highest BCUT2D eigenvalue weighted by molar-refractivity contribution is 5.96. The molecule has 0 unspecified atom stereocenters. The first-order valence-corrected chi connectivity index (χ1v) is 8.19. The van der Waals surface area contributed by atoms with Crippen molar-refractivity contribution in [1.82, 2.24) is 0 Å². The molecule has 0 spiro atoms. The van der Waals surface area contributed by atoms with Gasteiger partial charge in [-0.3, -0.25) is 4.79 Å². The Morgan fingerprint density at radius 2 is 1.95 bits per heavy atom. The Hall–Kier alpha value is -1.83. The number of Topliss-reactive ketones (excluding diaryl/α,β-unsaturated/α-hetero) is 1. The van der Waals surface area contributed by atoms with Gasteiger partial charge in [-0.05, 0) is 85.1 Å². The average Bonchev–Trinajstić information content (AvgIpc) is 2.82. The quantitative estimate of drug-likeness (QED) is 0.767. The lowest BCUT2D eigenvalue weighted by Crippen LogP contribution is -2.30. The van der Waals surface area contributed by atoms with Gasteiger partial charge in [0.25, 0.3) is 0 Å². The molecule has 22 heavy (non-hydrogen) atoms. The van der Waals surface area contributed by atoms with Crippen LogP contribution in [0.3, 0.4) is 0 Å². The number of benzene rings is 1. The minimum absolute atomic E-state index is 0.210. The Morgan fingerprint density at radius 1 is 1.14 bits per heavy atom. The Morgan fingerprint density at radius 3 is 2.73 bits per heavy atom. The van der Waals surface area contributed by atoms with E-state index in [2.05, 4.69) is 32.1 Å². The van der Waals surface area contributed by atoms with E-state index in [1.54, 1.807) is 7.11 Å². The summed E-state index contributed by atoms with van der Waals surface area (Å²) in [6.45, 7) is 4.26. The molecule has 0 aromatic heterocycles. The zero-order valence-electron chi connectivity index (χ0n) is 13.6. The van der Waals surface area contributed by atoms with Crippen LogP contribution in [0.1, 0.15) is 49.3 Å². The molecule has 1 aromatic rings. The molecule has 0 fully saturated rings. The lowest BCUT2D eigenvalue weighted by Gasteiger charge is -2.38. The molecule has 0 bridgehead atoms. The Labute approximate surface area is 131 Å². The van der Waals surface area contributed by atoms with Gasteiger partial charge in [0.15, 0.2) is 0 Å². The van der Waals surface area contributed by atoms with Crippen molar-refractivity contribution in [2.45, 2.75) is 46.0 Å². The Bertz CT molecular complexity index is 751. The predicted molar refractivity (Wildman–Crippen MR) is 88.0 cm³/mol. The predicted octanol–water partition coefficient (Wildman–Crippen LogP) is 4.40. The van der Waals surface area contributed by atoms with Gasteiger partial charge in [-0.25, -0.2) is 0 Å². The first-order valence-electron chi connectivity index (χ1n) is 8.19. The van der Waals surface area contributed by atoms with Crippen LogP contribution in [0, 0.1) is 12.3 Å². The molecular weight excluding hydrogens is 272 g/mol. The molecule has 114 valence electrons. The van der Waals surface area contributed by atoms with Gasteiger partial charge in [0.05, 0.1) is 12.5 Å². The van der Waals surface area contributed by atoms with Crippen LogP contribution in [0.4, 0.5) is 0 Å². The maximum Gasteiger partial charge on any atom is 0.146 e. The van der Waals surface area contributed by atoms with E-state index in [0.29, 0.717) is 12.2 Å².